The predicted octanol–water partition coefficient (Wildman–Crippen LogP) is 3.52. The lowest BCUT2D eigenvalue weighted by Gasteiger charge is -2.05. The van der Waals surface area contributed by atoms with Crippen LogP contribution in [0.5, 0.6) is 0 Å². The quantitative estimate of drug-likeness (QED) is 0.394. The molecule has 0 aliphatic heterocycles. The van der Waals surface area contributed by atoms with E-state index >= 15 is 0 Å². The summed E-state index contributed by atoms with van der Waals surface area (Å²) in [5, 5.41) is 20.0. The lowest BCUT2D eigenvalue weighted by molar-refractivity contribution is -0.305. The number of hydrogen-bond acceptors (Lipinski definition) is 3. The van der Waals surface area contributed by atoms with Gasteiger partial charge in [-0.3, -0.25) is 0 Å². The number of aliphatic hydroxyl groups is 1. The van der Waals surface area contributed by atoms with Crippen molar-refractivity contribution in [3.8, 4) is 0 Å². The minimum Gasteiger partial charge on any atom is -0.550 e. The van der Waals surface area contributed by atoms with E-state index in [-0.39, 0.29) is 12.5 Å². The van der Waals surface area contributed by atoms with Crippen LogP contribution >= 0.6 is 0 Å². The van der Waals surface area contributed by atoms with E-state index in [2.05, 4.69) is 13.0 Å². The molecule has 1 N–H and O–H groups in total. The molecule has 0 unspecified atom stereocenters. The molecule has 0 aromatic carbocycles. The Bertz CT molecular complexity index is 295. The third-order valence-corrected chi connectivity index (χ3v) is 3.44. The Labute approximate surface area is 129 Å². The van der Waals surface area contributed by atoms with Crippen LogP contribution in [0.1, 0.15) is 77.6 Å². The third-order valence-electron chi connectivity index (χ3n) is 3.44. The minimum absolute atomic E-state index is 0.163. The van der Waals surface area contributed by atoms with Crippen LogP contribution in [0.4, 0.5) is 0 Å². The zero-order valence-electron chi connectivity index (χ0n) is 13.4. The van der Waals surface area contributed by atoms with Gasteiger partial charge in [0, 0.05) is 5.97 Å². The van der Waals surface area contributed by atoms with Gasteiger partial charge in [0.15, 0.2) is 0 Å². The molecule has 0 spiro atoms. The van der Waals surface area contributed by atoms with Crippen molar-refractivity contribution in [1.29, 1.82) is 0 Å². The fourth-order valence-electron chi connectivity index (χ4n) is 2.13. The van der Waals surface area contributed by atoms with E-state index in [4.69, 9.17) is 0 Å². The second-order valence-corrected chi connectivity index (χ2v) is 5.55. The zero-order chi connectivity index (χ0) is 15.8. The number of aliphatic hydroxyl groups excluding tert-OH is 1. The van der Waals surface area contributed by atoms with E-state index in [1.54, 1.807) is 0 Å². The summed E-state index contributed by atoms with van der Waals surface area (Å²) in [5.41, 5.74) is 0. The Hall–Kier alpha value is -1.09. The average Bonchev–Trinajstić information content (AvgIpc) is 2.45. The third kappa shape index (κ3) is 16.9. The number of carbonyl (C=O) groups excluding carboxylic acids is 1. The van der Waals surface area contributed by atoms with Crippen molar-refractivity contribution in [3.63, 3.8) is 0 Å². The van der Waals surface area contributed by atoms with Gasteiger partial charge >= 0.3 is 0 Å². The van der Waals surface area contributed by atoms with E-state index in [0.717, 1.165) is 38.5 Å². The van der Waals surface area contributed by atoms with Gasteiger partial charge in [0.25, 0.3) is 0 Å². The van der Waals surface area contributed by atoms with Crippen molar-refractivity contribution in [2.24, 2.45) is 0 Å². The molecule has 3 heteroatoms. The highest BCUT2D eigenvalue weighted by atomic mass is 16.4. The van der Waals surface area contributed by atoms with Gasteiger partial charge in [0.05, 0.1) is 6.10 Å². The first-order chi connectivity index (χ1) is 10.2. The Morgan fingerprint density at radius 1 is 1.05 bits per heavy atom. The van der Waals surface area contributed by atoms with Crippen molar-refractivity contribution in [3.05, 3.63) is 24.3 Å². The van der Waals surface area contributed by atoms with E-state index < -0.39 is 5.97 Å². The Kier molecular flexibility index (Phi) is 14.5. The highest BCUT2D eigenvalue weighted by Crippen LogP contribution is 2.09. The molecule has 0 heterocycles. The maximum atomic E-state index is 10.2. The Balaban J connectivity index is 3.40. The molecule has 0 amide bonds. The lowest BCUT2D eigenvalue weighted by Crippen LogP contribution is -2.21. The number of carboxylic acids is 1. The number of unbranched alkanes of at least 4 members (excludes halogenated alkanes) is 7. The van der Waals surface area contributed by atoms with Gasteiger partial charge in [-0.2, -0.15) is 0 Å². The molecule has 0 rings (SSSR count). The molecule has 0 aliphatic carbocycles. The summed E-state index contributed by atoms with van der Waals surface area (Å²) >= 11 is 0. The number of hydrogen-bond donors (Lipinski definition) is 1. The van der Waals surface area contributed by atoms with Gasteiger partial charge < -0.3 is 15.0 Å². The van der Waals surface area contributed by atoms with E-state index in [9.17, 15) is 15.0 Å². The molecule has 0 saturated carbocycles. The van der Waals surface area contributed by atoms with Gasteiger partial charge in [0.1, 0.15) is 0 Å². The highest BCUT2D eigenvalue weighted by Gasteiger charge is 1.98. The number of rotatable bonds is 14. The number of allylic oxidation sites excluding steroid dienone is 3. The summed E-state index contributed by atoms with van der Waals surface area (Å²) in [5.74, 6) is -0.960. The fourth-order valence-corrected chi connectivity index (χ4v) is 2.13. The molecule has 21 heavy (non-hydrogen) atoms. The minimum atomic E-state index is -0.960. The zero-order valence-corrected chi connectivity index (χ0v) is 13.4. The average molecular weight is 295 g/mol. The van der Waals surface area contributed by atoms with Gasteiger partial charge in [-0.25, -0.2) is 0 Å². The first-order valence-electron chi connectivity index (χ1n) is 8.38. The summed E-state index contributed by atoms with van der Waals surface area (Å²) in [6, 6.07) is 0. The van der Waals surface area contributed by atoms with Crippen LogP contribution in [-0.2, 0) is 4.79 Å². The van der Waals surface area contributed by atoms with Crippen molar-refractivity contribution >= 4 is 5.97 Å². The van der Waals surface area contributed by atoms with Crippen molar-refractivity contribution < 1.29 is 15.0 Å². The van der Waals surface area contributed by atoms with Gasteiger partial charge in [-0.15, -0.1) is 0 Å². The van der Waals surface area contributed by atoms with Crippen LogP contribution in [0.2, 0.25) is 0 Å². The summed E-state index contributed by atoms with van der Waals surface area (Å²) in [4.78, 5) is 10.2. The van der Waals surface area contributed by atoms with Crippen LogP contribution < -0.4 is 5.11 Å². The molecule has 0 saturated heterocycles. The SMILES string of the molecule is CCCCC/C=C\C=C\[C@@H](O)CCCCCCCC(=O)[O-]. The Morgan fingerprint density at radius 3 is 2.48 bits per heavy atom. The monoisotopic (exact) mass is 295 g/mol. The van der Waals surface area contributed by atoms with E-state index in [1.807, 2.05) is 18.2 Å². The lowest BCUT2D eigenvalue weighted by atomic mass is 10.1. The summed E-state index contributed by atoms with van der Waals surface area (Å²) in [6.45, 7) is 2.20. The fraction of sp³-hybridized carbons (Fsp3) is 0.722. The number of carbonyl (C=O) groups is 1. The summed E-state index contributed by atoms with van der Waals surface area (Å²) in [6.07, 6.45) is 18.1. The standard InChI is InChI=1S/C18H32O3/c1-2-3-4-5-6-8-11-14-17(19)15-12-9-7-10-13-16-18(20)21/h6,8,11,14,17,19H,2-5,7,9-10,12-13,15-16H2,1H3,(H,20,21)/p-1/b8-6-,14-11+/t17-/m1/s1. The van der Waals surface area contributed by atoms with Gasteiger partial charge in [-0.05, 0) is 32.1 Å². The molecule has 0 fully saturated rings. The van der Waals surface area contributed by atoms with Crippen LogP contribution in [0.3, 0.4) is 0 Å². The van der Waals surface area contributed by atoms with Crippen LogP contribution in [0, 0.1) is 0 Å². The molecular weight excluding hydrogens is 264 g/mol. The van der Waals surface area contributed by atoms with Crippen molar-refractivity contribution in [2.45, 2.75) is 83.7 Å². The topological polar surface area (TPSA) is 60.4 Å². The van der Waals surface area contributed by atoms with Crippen molar-refractivity contribution in [1.82, 2.24) is 0 Å². The second kappa shape index (κ2) is 15.3. The van der Waals surface area contributed by atoms with Crippen molar-refractivity contribution in [2.75, 3.05) is 0 Å². The van der Waals surface area contributed by atoms with Crippen LogP contribution in [-0.4, -0.2) is 17.2 Å². The first kappa shape index (κ1) is 19.9. The molecular formula is C18H31O3-. The van der Waals surface area contributed by atoms with Crippen LogP contribution in [0.25, 0.3) is 0 Å². The maximum Gasteiger partial charge on any atom is 0.0723 e. The maximum absolute atomic E-state index is 10.2. The smallest absolute Gasteiger partial charge is 0.0723 e. The van der Waals surface area contributed by atoms with E-state index in [1.165, 1.54) is 19.3 Å². The number of carboxylic acid groups (broad SMARTS) is 1. The molecule has 0 aromatic heterocycles. The van der Waals surface area contributed by atoms with Gasteiger partial charge in [0.2, 0.25) is 0 Å². The molecule has 0 radical (unpaired) electrons. The molecule has 1 atom stereocenters. The van der Waals surface area contributed by atoms with Gasteiger partial charge in [-0.1, -0.05) is 69.8 Å². The molecule has 0 aromatic rings. The Morgan fingerprint density at radius 2 is 1.76 bits per heavy atom. The summed E-state index contributed by atoms with van der Waals surface area (Å²) in [7, 11) is 0. The molecule has 0 bridgehead atoms. The molecule has 122 valence electrons. The predicted molar refractivity (Wildman–Crippen MR) is 85.8 cm³/mol. The molecule has 0 aliphatic rings. The largest absolute Gasteiger partial charge is 0.550 e. The van der Waals surface area contributed by atoms with Crippen LogP contribution in [0.15, 0.2) is 24.3 Å². The van der Waals surface area contributed by atoms with E-state index in [0.29, 0.717) is 6.42 Å². The highest BCUT2D eigenvalue weighted by molar-refractivity contribution is 5.63. The first-order valence-corrected chi connectivity index (χ1v) is 8.38. The normalized spacial score (nSPS) is 13.2. The second-order valence-electron chi connectivity index (χ2n) is 5.55. The molecule has 3 nitrogen and oxygen atoms in total. The summed E-state index contributed by atoms with van der Waals surface area (Å²) < 4.78 is 0. The number of aliphatic carboxylic acids is 1.